The van der Waals surface area contributed by atoms with E-state index in [4.69, 9.17) is 4.98 Å². The van der Waals surface area contributed by atoms with Crippen LogP contribution in [0.5, 0.6) is 0 Å². The van der Waals surface area contributed by atoms with Gasteiger partial charge in [0.15, 0.2) is 5.65 Å². The van der Waals surface area contributed by atoms with Crippen molar-refractivity contribution in [2.75, 3.05) is 36.4 Å². The smallest absolute Gasteiger partial charge is 0.230 e. The third-order valence-corrected chi connectivity index (χ3v) is 7.28. The van der Waals surface area contributed by atoms with Crippen LogP contribution < -0.4 is 15.5 Å². The molecule has 0 aromatic carbocycles. The van der Waals surface area contributed by atoms with E-state index in [1.54, 1.807) is 0 Å². The van der Waals surface area contributed by atoms with Gasteiger partial charge in [-0.3, -0.25) is 4.40 Å². The summed E-state index contributed by atoms with van der Waals surface area (Å²) >= 11 is 0. The largest absolute Gasteiger partial charge is 0.370 e. The lowest BCUT2D eigenvalue weighted by Gasteiger charge is -2.34. The predicted molar refractivity (Wildman–Crippen MR) is 139 cm³/mol. The Morgan fingerprint density at radius 2 is 1.82 bits per heavy atom. The first-order valence-electron chi connectivity index (χ1n) is 11.9. The molecule has 9 heteroatoms. The van der Waals surface area contributed by atoms with Gasteiger partial charge in [-0.2, -0.15) is 4.98 Å². The van der Waals surface area contributed by atoms with E-state index in [0.717, 1.165) is 54.4 Å². The van der Waals surface area contributed by atoms with Gasteiger partial charge in [0, 0.05) is 36.6 Å². The van der Waals surface area contributed by atoms with E-state index in [9.17, 15) is 0 Å². The topological polar surface area (TPSA) is 83.3 Å². The zero-order valence-electron chi connectivity index (χ0n) is 19.7. The second-order valence-electron chi connectivity index (χ2n) is 9.79. The first-order valence-corrected chi connectivity index (χ1v) is 11.9. The highest BCUT2D eigenvalue weighted by atomic mass is 35.5. The first kappa shape index (κ1) is 22.8. The Morgan fingerprint density at radius 3 is 2.59 bits per heavy atom. The average molecular weight is 479 g/mol. The van der Waals surface area contributed by atoms with Crippen LogP contribution in [0.3, 0.4) is 0 Å². The van der Waals surface area contributed by atoms with Gasteiger partial charge in [-0.1, -0.05) is 13.8 Å². The van der Waals surface area contributed by atoms with Gasteiger partial charge in [0.2, 0.25) is 5.95 Å². The second-order valence-corrected chi connectivity index (χ2v) is 9.79. The lowest BCUT2D eigenvalue weighted by atomic mass is 9.78. The summed E-state index contributed by atoms with van der Waals surface area (Å²) in [6.45, 7) is 8.87. The molecule has 6 heterocycles. The van der Waals surface area contributed by atoms with Crippen LogP contribution in [0.4, 0.5) is 17.5 Å². The van der Waals surface area contributed by atoms with Gasteiger partial charge in [0.05, 0.1) is 11.9 Å². The van der Waals surface area contributed by atoms with E-state index in [1.807, 2.05) is 36.8 Å². The molecule has 0 bridgehead atoms. The standard InChI is InChI=1S/C25H30N8.ClH/c1-17(2)20-15-28-22-6-3-18-13-29-24(31-23(18)33(20)22)30-21-5-4-19(14-27-21)32-12-9-25(16-32)7-10-26-11-8-25;/h3-6,13-15,17,26H,7-12,16H2,1-2H3,(H,27,29,30,31);1H. The first-order chi connectivity index (χ1) is 16.1. The van der Waals surface area contributed by atoms with Crippen molar-refractivity contribution >= 4 is 46.5 Å². The fourth-order valence-electron chi connectivity index (χ4n) is 5.32. The van der Waals surface area contributed by atoms with Gasteiger partial charge in [-0.15, -0.1) is 12.4 Å². The van der Waals surface area contributed by atoms with Gasteiger partial charge in [-0.05, 0) is 68.0 Å². The number of aromatic nitrogens is 5. The lowest BCUT2D eigenvalue weighted by molar-refractivity contribution is 0.232. The number of anilines is 3. The van der Waals surface area contributed by atoms with Crippen molar-refractivity contribution in [3.05, 3.63) is 48.5 Å². The number of imidazole rings is 1. The molecule has 0 atom stereocenters. The number of hydrogen-bond donors (Lipinski definition) is 2. The Balaban J connectivity index is 0.00000241. The number of hydrogen-bond acceptors (Lipinski definition) is 7. The summed E-state index contributed by atoms with van der Waals surface area (Å²) in [4.78, 5) is 21.0. The molecule has 6 rings (SSSR count). The summed E-state index contributed by atoms with van der Waals surface area (Å²) < 4.78 is 2.12. The second kappa shape index (κ2) is 9.00. The number of halogens is 1. The molecular weight excluding hydrogens is 448 g/mol. The molecule has 4 aromatic rings. The third kappa shape index (κ3) is 4.05. The molecule has 4 aromatic heterocycles. The Hall–Kier alpha value is -2.97. The Kier molecular flexibility index (Phi) is 6.04. The minimum atomic E-state index is 0. The molecule has 0 unspecified atom stereocenters. The third-order valence-electron chi connectivity index (χ3n) is 7.28. The summed E-state index contributed by atoms with van der Waals surface area (Å²) in [6.07, 6.45) is 9.58. The highest BCUT2D eigenvalue weighted by Gasteiger charge is 2.38. The van der Waals surface area contributed by atoms with Crippen LogP contribution in [-0.2, 0) is 0 Å². The summed E-state index contributed by atoms with van der Waals surface area (Å²) in [5.41, 5.74) is 4.56. The molecule has 0 saturated carbocycles. The van der Waals surface area contributed by atoms with Crippen molar-refractivity contribution in [2.24, 2.45) is 5.41 Å². The molecule has 0 aliphatic carbocycles. The molecule has 2 N–H and O–H groups in total. The zero-order valence-corrected chi connectivity index (χ0v) is 20.5. The van der Waals surface area contributed by atoms with Crippen LogP contribution in [0, 0.1) is 5.41 Å². The molecule has 2 aliphatic rings. The van der Waals surface area contributed by atoms with Crippen LogP contribution in [0.25, 0.3) is 16.7 Å². The van der Waals surface area contributed by atoms with Gasteiger partial charge in [0.25, 0.3) is 0 Å². The number of nitrogens with zero attached hydrogens (tertiary/aromatic N) is 6. The van der Waals surface area contributed by atoms with Crippen molar-refractivity contribution in [3.8, 4) is 0 Å². The van der Waals surface area contributed by atoms with Crippen molar-refractivity contribution in [3.63, 3.8) is 0 Å². The van der Waals surface area contributed by atoms with Crippen LogP contribution in [0.2, 0.25) is 0 Å². The van der Waals surface area contributed by atoms with E-state index in [2.05, 4.69) is 54.8 Å². The zero-order chi connectivity index (χ0) is 22.4. The number of fused-ring (bicyclic) bond motifs is 3. The Morgan fingerprint density at radius 1 is 0.971 bits per heavy atom. The van der Waals surface area contributed by atoms with E-state index in [-0.39, 0.29) is 12.4 Å². The van der Waals surface area contributed by atoms with Gasteiger partial charge in [-0.25, -0.2) is 15.0 Å². The van der Waals surface area contributed by atoms with Gasteiger partial charge >= 0.3 is 0 Å². The number of nitrogens with one attached hydrogen (secondary N) is 2. The molecule has 34 heavy (non-hydrogen) atoms. The highest BCUT2D eigenvalue weighted by Crippen LogP contribution is 2.40. The molecule has 0 radical (unpaired) electrons. The average Bonchev–Trinajstić information content (AvgIpc) is 3.45. The molecule has 2 fully saturated rings. The maximum absolute atomic E-state index is 4.82. The molecule has 0 amide bonds. The monoisotopic (exact) mass is 478 g/mol. The quantitative estimate of drug-likeness (QED) is 0.445. The van der Waals surface area contributed by atoms with Crippen LogP contribution in [0.1, 0.15) is 44.7 Å². The Bertz CT molecular complexity index is 1290. The summed E-state index contributed by atoms with van der Waals surface area (Å²) in [5, 5.41) is 7.76. The minimum absolute atomic E-state index is 0. The molecule has 2 aliphatic heterocycles. The minimum Gasteiger partial charge on any atom is -0.370 e. The summed E-state index contributed by atoms with van der Waals surface area (Å²) in [7, 11) is 0. The lowest BCUT2D eigenvalue weighted by Crippen LogP contribution is -2.38. The van der Waals surface area contributed by atoms with Gasteiger partial charge < -0.3 is 15.5 Å². The molecule has 2 saturated heterocycles. The van der Waals surface area contributed by atoms with Crippen LogP contribution in [-0.4, -0.2) is 50.5 Å². The summed E-state index contributed by atoms with van der Waals surface area (Å²) in [5.74, 6) is 1.63. The van der Waals surface area contributed by atoms with Crippen LogP contribution in [0.15, 0.2) is 42.9 Å². The van der Waals surface area contributed by atoms with Crippen molar-refractivity contribution in [1.82, 2.24) is 29.7 Å². The van der Waals surface area contributed by atoms with Crippen molar-refractivity contribution in [2.45, 2.75) is 39.0 Å². The van der Waals surface area contributed by atoms with E-state index < -0.39 is 0 Å². The van der Waals surface area contributed by atoms with Crippen molar-refractivity contribution in [1.29, 1.82) is 0 Å². The van der Waals surface area contributed by atoms with Gasteiger partial charge in [0.1, 0.15) is 11.5 Å². The highest BCUT2D eigenvalue weighted by molar-refractivity contribution is 5.85. The maximum Gasteiger partial charge on any atom is 0.230 e. The van der Waals surface area contributed by atoms with E-state index in [1.165, 1.54) is 24.9 Å². The van der Waals surface area contributed by atoms with E-state index in [0.29, 0.717) is 17.3 Å². The molecule has 1 spiro atoms. The normalized spacial score (nSPS) is 17.6. The van der Waals surface area contributed by atoms with E-state index >= 15 is 0 Å². The number of rotatable bonds is 4. The maximum atomic E-state index is 4.82. The number of piperidine rings is 1. The fraction of sp³-hybridized carbons (Fsp3) is 0.440. The molecule has 178 valence electrons. The molecule has 8 nitrogen and oxygen atoms in total. The number of pyridine rings is 2. The van der Waals surface area contributed by atoms with Crippen LogP contribution >= 0.6 is 12.4 Å². The predicted octanol–water partition coefficient (Wildman–Crippen LogP) is 4.54. The fourth-order valence-corrected chi connectivity index (χ4v) is 5.32. The Labute approximate surface area is 205 Å². The summed E-state index contributed by atoms with van der Waals surface area (Å²) in [6, 6.07) is 8.20. The van der Waals surface area contributed by atoms with Crippen molar-refractivity contribution < 1.29 is 0 Å². The SMILES string of the molecule is CC(C)c1cnc2ccc3cnc(Nc4ccc(N5CCC6(CCNCC6)C5)cn4)nc3n12.Cl. The molecular formula is C25H31ClN8.